The van der Waals surface area contributed by atoms with Gasteiger partial charge in [-0.25, -0.2) is 0 Å². The number of allylic oxidation sites excluding steroid dienone is 12. The molecule has 8 aliphatic carbocycles. The number of rotatable bonds is 16. The van der Waals surface area contributed by atoms with Crippen molar-refractivity contribution in [2.24, 2.45) is 5.92 Å². The molecule has 0 radical (unpaired) electrons. The van der Waals surface area contributed by atoms with Crippen molar-refractivity contribution in [3.05, 3.63) is 330 Å². The zero-order valence-corrected chi connectivity index (χ0v) is 62.5. The van der Waals surface area contributed by atoms with Crippen molar-refractivity contribution >= 4 is 27.5 Å². The fraction of sp³-hybridized carbons (Fsp3) is 0.333. The standard InChI is InChI=1S/C99H94F6/c1-11-13-15-17-19-25-47-97(48-26-20-18-16-14-12-2)87-57-79-85(95(7,8)89-53-75(67-27-21-23-29-73(67)91(79)89)61-35-31-59(32-36-61)63-39-43-69-71-45-41-65(98(100,101)102)51-83(71)93(3,4)81(69)49-63)55-77(87)78-56-86-80(58-88(78)97)92-74-30-24-22-28-68(74)76(54-90(92)96(86,9)10)62-37-33-60(34-38-62)64-40-44-70-72-46-42-66(99(103,104)105)52-84(72)94(5,6)82(70)50-64/h21-24,27-45,49-58,73H,11-20,25-26,46-48H2,1-10H3. The Labute approximate surface area is 613 Å². The highest BCUT2D eigenvalue weighted by molar-refractivity contribution is 5.95. The van der Waals surface area contributed by atoms with Crippen molar-refractivity contribution in [1.82, 2.24) is 0 Å². The van der Waals surface area contributed by atoms with Gasteiger partial charge in [-0.1, -0.05) is 280 Å². The van der Waals surface area contributed by atoms with Crippen molar-refractivity contribution in [2.45, 2.75) is 205 Å². The van der Waals surface area contributed by atoms with Crippen LogP contribution in [0.2, 0.25) is 0 Å². The average Bonchev–Trinajstić information content (AvgIpc) is 1.51. The van der Waals surface area contributed by atoms with Gasteiger partial charge in [-0.3, -0.25) is 0 Å². The van der Waals surface area contributed by atoms with E-state index in [1.165, 1.54) is 194 Å². The Bertz CT molecular complexity index is 5950. The Kier molecular flexibility index (Phi) is 16.5. The third kappa shape index (κ3) is 10.9. The summed E-state index contributed by atoms with van der Waals surface area (Å²) in [7, 11) is 0. The van der Waals surface area contributed by atoms with Crippen LogP contribution in [0.1, 0.15) is 221 Å². The van der Waals surface area contributed by atoms with Crippen LogP contribution in [0.15, 0.2) is 223 Å². The Balaban J connectivity index is 0.802. The van der Waals surface area contributed by atoms with E-state index in [-0.39, 0.29) is 28.6 Å². The topological polar surface area (TPSA) is 0 Å². The van der Waals surface area contributed by atoms with E-state index >= 15 is 0 Å². The summed E-state index contributed by atoms with van der Waals surface area (Å²) in [6, 6.07) is 57.5. The molecule has 1 unspecified atom stereocenters. The highest BCUT2D eigenvalue weighted by atomic mass is 19.4. The van der Waals surface area contributed by atoms with Gasteiger partial charge in [-0.05, 0) is 255 Å². The number of alkyl halides is 6. The molecule has 9 aromatic rings. The molecule has 1 atom stereocenters. The van der Waals surface area contributed by atoms with Gasteiger partial charge in [0, 0.05) is 33.0 Å². The monoisotopic (exact) mass is 1400 g/mol. The first-order chi connectivity index (χ1) is 50.2. The van der Waals surface area contributed by atoms with E-state index in [1.807, 2.05) is 13.8 Å². The van der Waals surface area contributed by atoms with Crippen LogP contribution in [0, 0.1) is 47.7 Å². The first-order valence-electron chi connectivity index (χ1n) is 39.0. The summed E-state index contributed by atoms with van der Waals surface area (Å²) in [6.07, 6.45) is 23.1. The van der Waals surface area contributed by atoms with Crippen LogP contribution in [0.5, 0.6) is 0 Å². The normalized spacial score (nSPS) is 18.7. The van der Waals surface area contributed by atoms with Gasteiger partial charge in [0.1, 0.15) is 0 Å². The van der Waals surface area contributed by atoms with E-state index < -0.39 is 34.3 Å². The predicted octanol–water partition coefficient (Wildman–Crippen LogP) is 25.6. The van der Waals surface area contributed by atoms with Crippen LogP contribution in [0.3, 0.4) is 0 Å². The zero-order valence-electron chi connectivity index (χ0n) is 62.5. The first-order valence-corrected chi connectivity index (χ1v) is 39.0. The number of hydrogen-bond acceptors (Lipinski definition) is 0. The third-order valence-corrected chi connectivity index (χ3v) is 26.3. The lowest BCUT2D eigenvalue weighted by Crippen LogP contribution is -2.29. The smallest absolute Gasteiger partial charge is 0.166 e. The van der Waals surface area contributed by atoms with E-state index in [9.17, 15) is 26.3 Å². The Morgan fingerprint density at radius 2 is 0.943 bits per heavy atom. The largest absolute Gasteiger partial charge is 0.416 e. The minimum atomic E-state index is -4.41. The van der Waals surface area contributed by atoms with Gasteiger partial charge >= 0.3 is 12.4 Å². The molecule has 9 aromatic carbocycles. The second kappa shape index (κ2) is 25.1. The maximum absolute atomic E-state index is 14.0. The lowest BCUT2D eigenvalue weighted by atomic mass is 9.69. The molecule has 0 saturated heterocycles. The first kappa shape index (κ1) is 69.1. The second-order valence-corrected chi connectivity index (χ2v) is 33.8. The number of benzene rings is 9. The molecule has 0 spiro atoms. The molecule has 0 aliphatic heterocycles. The summed E-state index contributed by atoms with van der Waals surface area (Å²) in [5.41, 5.74) is 19.1. The fourth-order valence-electron chi connectivity index (χ4n) is 20.5. The van der Waals surface area contributed by atoms with Crippen LogP contribution in [0.4, 0.5) is 26.3 Å². The summed E-state index contributed by atoms with van der Waals surface area (Å²) in [5, 5.41) is 15.0. The second-order valence-electron chi connectivity index (χ2n) is 33.8. The molecular formula is C99H94F6. The maximum Gasteiger partial charge on any atom is 0.416 e. The van der Waals surface area contributed by atoms with Crippen molar-refractivity contribution < 1.29 is 26.3 Å². The number of hydrogen-bond donors (Lipinski definition) is 0. The van der Waals surface area contributed by atoms with E-state index in [0.29, 0.717) is 5.56 Å². The van der Waals surface area contributed by atoms with Gasteiger partial charge in [-0.15, -0.1) is 0 Å². The summed E-state index contributed by atoms with van der Waals surface area (Å²) < 4.78 is 84.2. The average molecular weight is 1400 g/mol. The Morgan fingerprint density at radius 1 is 0.400 bits per heavy atom. The number of fused-ring (bicyclic) bond motifs is 15. The molecule has 8 aliphatic rings. The van der Waals surface area contributed by atoms with Crippen molar-refractivity contribution in [2.75, 3.05) is 0 Å². The van der Waals surface area contributed by atoms with Gasteiger partial charge in [0.15, 0.2) is 0 Å². The number of unbranched alkanes of at least 4 members (excludes halogenated alkanes) is 10. The summed E-state index contributed by atoms with van der Waals surface area (Å²) in [4.78, 5) is 0. The van der Waals surface area contributed by atoms with E-state index in [2.05, 4.69) is 225 Å². The molecule has 17 rings (SSSR count). The lowest BCUT2D eigenvalue weighted by Gasteiger charge is -2.34. The molecule has 0 fully saturated rings. The molecule has 0 nitrogen and oxygen atoms in total. The third-order valence-electron chi connectivity index (χ3n) is 26.3. The van der Waals surface area contributed by atoms with Gasteiger partial charge in [0.25, 0.3) is 0 Å². The SMILES string of the molecule is CCCCCCCCC1(CCCCCCCC)c2cc3c(cc2=c2cc4c(cc21)=c1c(cc(=c2ccc(=c5ccc6c(c5)C(C)(C)C5=CC(C(F)(F)F)=CCC=65)cc2)c2ccccc12)C4(C)C)C(C)(C)C1=CC(c2ccc(-c4ccc5c(c4)C(C)(C)c4cc(C(F)(F)F)ccc4-5)cc2)=C2C=CC=CC2C=31. The molecule has 6 heteroatoms. The Hall–Kier alpha value is -9.00. The fourth-order valence-corrected chi connectivity index (χ4v) is 20.5. The molecular weight excluding hydrogens is 1300 g/mol. The van der Waals surface area contributed by atoms with E-state index in [0.717, 1.165) is 83.8 Å². The Morgan fingerprint density at radius 3 is 1.61 bits per heavy atom. The zero-order chi connectivity index (χ0) is 73.1. The molecule has 0 heterocycles. The molecule has 0 amide bonds. The van der Waals surface area contributed by atoms with Gasteiger partial charge in [0.2, 0.25) is 0 Å². The van der Waals surface area contributed by atoms with Crippen LogP contribution in [-0.4, -0.2) is 6.18 Å². The summed E-state index contributed by atoms with van der Waals surface area (Å²) in [5.74, 6) is 0.0649. The quantitative estimate of drug-likeness (QED) is 0.0668. The molecule has 0 aromatic heterocycles. The van der Waals surface area contributed by atoms with Gasteiger partial charge in [0.05, 0.1) is 11.1 Å². The highest BCUT2D eigenvalue weighted by Gasteiger charge is 2.48. The lowest BCUT2D eigenvalue weighted by molar-refractivity contribution is -0.137. The molecule has 105 heavy (non-hydrogen) atoms. The van der Waals surface area contributed by atoms with Crippen LogP contribution < -0.4 is 10.4 Å². The van der Waals surface area contributed by atoms with Crippen molar-refractivity contribution in [3.8, 4) is 22.3 Å². The minimum absolute atomic E-state index is 0.0649. The van der Waals surface area contributed by atoms with Crippen molar-refractivity contribution in [3.63, 3.8) is 0 Å². The minimum Gasteiger partial charge on any atom is -0.166 e. The van der Waals surface area contributed by atoms with E-state index in [4.69, 9.17) is 0 Å². The predicted molar refractivity (Wildman–Crippen MR) is 419 cm³/mol. The van der Waals surface area contributed by atoms with Gasteiger partial charge < -0.3 is 0 Å². The summed E-state index contributed by atoms with van der Waals surface area (Å²) >= 11 is 0. The maximum atomic E-state index is 14.0. The van der Waals surface area contributed by atoms with Crippen molar-refractivity contribution in [1.29, 1.82) is 0 Å². The highest BCUT2D eigenvalue weighted by Crippen LogP contribution is 2.57. The molecule has 0 bridgehead atoms. The van der Waals surface area contributed by atoms with Crippen LogP contribution in [0.25, 0.3) is 49.7 Å². The van der Waals surface area contributed by atoms with Crippen LogP contribution >= 0.6 is 0 Å². The van der Waals surface area contributed by atoms with Gasteiger partial charge in [-0.2, -0.15) is 26.3 Å². The number of halogens is 6. The van der Waals surface area contributed by atoms with E-state index in [1.54, 1.807) is 6.07 Å². The molecule has 0 saturated carbocycles. The molecule has 0 N–H and O–H groups in total. The van der Waals surface area contributed by atoms with Crippen LogP contribution in [-0.2, 0) is 33.3 Å². The summed E-state index contributed by atoms with van der Waals surface area (Å²) in [6.45, 7) is 22.7. The molecule has 532 valence electrons.